The Bertz CT molecular complexity index is 436. The molecular formula is C12H17N3O2. The number of likely N-dealkylation sites (tertiary alicyclic amines) is 1. The van der Waals surface area contributed by atoms with Gasteiger partial charge in [0.05, 0.1) is 5.54 Å². The maximum atomic E-state index is 11.7. The van der Waals surface area contributed by atoms with Gasteiger partial charge in [0.25, 0.3) is 0 Å². The zero-order valence-corrected chi connectivity index (χ0v) is 10.2. The molecule has 0 bridgehead atoms. The summed E-state index contributed by atoms with van der Waals surface area (Å²) in [5.41, 5.74) is 0.408. The fraction of sp³-hybridized carbons (Fsp3) is 0.583. The highest BCUT2D eigenvalue weighted by Crippen LogP contribution is 2.36. The van der Waals surface area contributed by atoms with Crippen LogP contribution in [0.5, 0.6) is 0 Å². The molecule has 2 rings (SSSR count). The number of amides is 1. The SMILES string of the molecule is Cc1ccnc([C@@]2(C)CCCN2C(=O)CO)n1. The Morgan fingerprint density at radius 3 is 3.06 bits per heavy atom. The Labute approximate surface area is 100 Å². The Morgan fingerprint density at radius 2 is 2.41 bits per heavy atom. The first-order chi connectivity index (χ1) is 8.08. The summed E-state index contributed by atoms with van der Waals surface area (Å²) >= 11 is 0. The molecule has 17 heavy (non-hydrogen) atoms. The summed E-state index contributed by atoms with van der Waals surface area (Å²) < 4.78 is 0. The molecular weight excluding hydrogens is 218 g/mol. The third kappa shape index (κ3) is 2.02. The number of aliphatic hydroxyl groups excluding tert-OH is 1. The molecule has 1 aromatic heterocycles. The van der Waals surface area contributed by atoms with Crippen LogP contribution >= 0.6 is 0 Å². The van der Waals surface area contributed by atoms with Crippen molar-refractivity contribution in [2.24, 2.45) is 0 Å². The van der Waals surface area contributed by atoms with E-state index >= 15 is 0 Å². The van der Waals surface area contributed by atoms with Crippen LogP contribution < -0.4 is 0 Å². The van der Waals surface area contributed by atoms with E-state index in [0.717, 1.165) is 18.5 Å². The summed E-state index contributed by atoms with van der Waals surface area (Å²) in [6.45, 7) is 4.07. The Balaban J connectivity index is 2.37. The van der Waals surface area contributed by atoms with E-state index in [1.807, 2.05) is 19.9 Å². The van der Waals surface area contributed by atoms with Crippen LogP contribution in [0.3, 0.4) is 0 Å². The normalized spacial score (nSPS) is 24.1. The highest BCUT2D eigenvalue weighted by atomic mass is 16.3. The van der Waals surface area contributed by atoms with Crippen LogP contribution in [-0.2, 0) is 10.3 Å². The molecule has 1 aromatic rings. The maximum Gasteiger partial charge on any atom is 0.249 e. The van der Waals surface area contributed by atoms with Crippen LogP contribution in [0.4, 0.5) is 0 Å². The molecule has 0 unspecified atom stereocenters. The highest BCUT2D eigenvalue weighted by molar-refractivity contribution is 5.78. The van der Waals surface area contributed by atoms with E-state index in [1.165, 1.54) is 0 Å². The number of aromatic nitrogens is 2. The fourth-order valence-corrected chi connectivity index (χ4v) is 2.39. The van der Waals surface area contributed by atoms with Crippen molar-refractivity contribution in [3.8, 4) is 0 Å². The summed E-state index contributed by atoms with van der Waals surface area (Å²) in [5.74, 6) is 0.409. The molecule has 2 heterocycles. The van der Waals surface area contributed by atoms with Gasteiger partial charge >= 0.3 is 0 Å². The van der Waals surface area contributed by atoms with Crippen LogP contribution in [-0.4, -0.2) is 39.0 Å². The van der Waals surface area contributed by atoms with E-state index in [9.17, 15) is 4.79 Å². The molecule has 92 valence electrons. The van der Waals surface area contributed by atoms with Gasteiger partial charge in [-0.05, 0) is 32.8 Å². The number of aryl methyl sites for hydroxylation is 1. The van der Waals surface area contributed by atoms with Crippen molar-refractivity contribution in [2.45, 2.75) is 32.2 Å². The number of nitrogens with zero attached hydrogens (tertiary/aromatic N) is 3. The van der Waals surface area contributed by atoms with Gasteiger partial charge in [-0.2, -0.15) is 0 Å². The van der Waals surface area contributed by atoms with Crippen LogP contribution in [0.15, 0.2) is 12.3 Å². The van der Waals surface area contributed by atoms with Crippen LogP contribution in [0.25, 0.3) is 0 Å². The van der Waals surface area contributed by atoms with Crippen molar-refractivity contribution >= 4 is 5.91 Å². The van der Waals surface area contributed by atoms with Crippen LogP contribution in [0, 0.1) is 6.92 Å². The summed E-state index contributed by atoms with van der Waals surface area (Å²) in [5, 5.41) is 9.00. The number of carbonyl (C=O) groups excluding carboxylic acids is 1. The summed E-state index contributed by atoms with van der Waals surface area (Å²) in [6, 6.07) is 1.83. The molecule has 1 amide bonds. The molecule has 0 radical (unpaired) electrons. The van der Waals surface area contributed by atoms with E-state index in [-0.39, 0.29) is 5.91 Å². The van der Waals surface area contributed by atoms with Crippen molar-refractivity contribution in [1.82, 2.24) is 14.9 Å². The molecule has 5 nitrogen and oxygen atoms in total. The first kappa shape index (κ1) is 12.0. The number of rotatable bonds is 2. The molecule has 1 fully saturated rings. The second kappa shape index (κ2) is 4.41. The quantitative estimate of drug-likeness (QED) is 0.815. The highest BCUT2D eigenvalue weighted by Gasteiger charge is 2.42. The molecule has 1 saturated heterocycles. The van der Waals surface area contributed by atoms with Crippen LogP contribution in [0.1, 0.15) is 31.3 Å². The zero-order valence-electron chi connectivity index (χ0n) is 10.2. The number of carbonyl (C=O) groups is 1. The molecule has 1 N–H and O–H groups in total. The van der Waals surface area contributed by atoms with E-state index in [4.69, 9.17) is 5.11 Å². The van der Waals surface area contributed by atoms with Crippen LogP contribution in [0.2, 0.25) is 0 Å². The molecule has 1 aliphatic heterocycles. The number of hydrogen-bond acceptors (Lipinski definition) is 4. The average Bonchev–Trinajstić information content (AvgIpc) is 2.72. The van der Waals surface area contributed by atoms with Gasteiger partial charge in [-0.1, -0.05) is 0 Å². The van der Waals surface area contributed by atoms with Crippen molar-refractivity contribution in [2.75, 3.05) is 13.2 Å². The number of aliphatic hydroxyl groups is 1. The standard InChI is InChI=1S/C12H17N3O2/c1-9-4-6-13-11(14-9)12(2)5-3-7-15(12)10(17)8-16/h4,6,16H,3,5,7-8H2,1-2H3/t12-/m1/s1. The largest absolute Gasteiger partial charge is 0.387 e. The predicted octanol–water partition coefficient (Wildman–Crippen LogP) is 0.615. The molecule has 0 aliphatic carbocycles. The van der Waals surface area contributed by atoms with E-state index in [0.29, 0.717) is 12.4 Å². The molecule has 1 atom stereocenters. The summed E-state index contributed by atoms with van der Waals surface area (Å²) in [7, 11) is 0. The lowest BCUT2D eigenvalue weighted by Gasteiger charge is -2.33. The fourth-order valence-electron chi connectivity index (χ4n) is 2.39. The lowest BCUT2D eigenvalue weighted by molar-refractivity contribution is -0.138. The van der Waals surface area contributed by atoms with Gasteiger partial charge < -0.3 is 10.0 Å². The minimum absolute atomic E-state index is 0.255. The average molecular weight is 235 g/mol. The lowest BCUT2D eigenvalue weighted by atomic mass is 9.97. The van der Waals surface area contributed by atoms with Gasteiger partial charge in [-0.15, -0.1) is 0 Å². The van der Waals surface area contributed by atoms with Gasteiger partial charge in [0.1, 0.15) is 6.61 Å². The van der Waals surface area contributed by atoms with Gasteiger partial charge in [-0.25, -0.2) is 9.97 Å². The van der Waals surface area contributed by atoms with Gasteiger partial charge in [-0.3, -0.25) is 4.79 Å². The minimum Gasteiger partial charge on any atom is -0.387 e. The summed E-state index contributed by atoms with van der Waals surface area (Å²) in [6.07, 6.45) is 3.46. The van der Waals surface area contributed by atoms with E-state index in [1.54, 1.807) is 11.1 Å². The van der Waals surface area contributed by atoms with Gasteiger partial charge in [0.15, 0.2) is 5.82 Å². The second-order valence-electron chi connectivity index (χ2n) is 4.60. The topological polar surface area (TPSA) is 66.3 Å². The molecule has 5 heteroatoms. The Kier molecular flexibility index (Phi) is 3.11. The predicted molar refractivity (Wildman–Crippen MR) is 62.2 cm³/mol. The van der Waals surface area contributed by atoms with Gasteiger partial charge in [0, 0.05) is 18.4 Å². The monoisotopic (exact) mass is 235 g/mol. The third-order valence-electron chi connectivity index (χ3n) is 3.35. The smallest absolute Gasteiger partial charge is 0.249 e. The Hall–Kier alpha value is -1.49. The van der Waals surface area contributed by atoms with E-state index < -0.39 is 12.1 Å². The van der Waals surface area contributed by atoms with Crippen molar-refractivity contribution in [3.05, 3.63) is 23.8 Å². The molecule has 0 aromatic carbocycles. The van der Waals surface area contributed by atoms with Crippen molar-refractivity contribution in [3.63, 3.8) is 0 Å². The summed E-state index contributed by atoms with van der Waals surface area (Å²) in [4.78, 5) is 22.1. The van der Waals surface area contributed by atoms with Gasteiger partial charge in [0.2, 0.25) is 5.91 Å². The molecule has 1 aliphatic rings. The molecule has 0 spiro atoms. The van der Waals surface area contributed by atoms with Crippen molar-refractivity contribution in [1.29, 1.82) is 0 Å². The first-order valence-electron chi connectivity index (χ1n) is 5.79. The third-order valence-corrected chi connectivity index (χ3v) is 3.35. The maximum absolute atomic E-state index is 11.7. The molecule has 0 saturated carbocycles. The van der Waals surface area contributed by atoms with E-state index in [2.05, 4.69) is 9.97 Å². The zero-order chi connectivity index (χ0) is 12.5. The Morgan fingerprint density at radius 1 is 1.65 bits per heavy atom. The first-order valence-corrected chi connectivity index (χ1v) is 5.79. The lowest BCUT2D eigenvalue weighted by Crippen LogP contribution is -2.45. The second-order valence-corrected chi connectivity index (χ2v) is 4.60. The van der Waals surface area contributed by atoms with Crippen molar-refractivity contribution < 1.29 is 9.90 Å². The minimum atomic E-state index is -0.480. The number of hydrogen-bond donors (Lipinski definition) is 1.